The summed E-state index contributed by atoms with van der Waals surface area (Å²) in [5.41, 5.74) is 2.24. The third-order valence-electron chi connectivity index (χ3n) is 2.95. The molecule has 0 fully saturated rings. The summed E-state index contributed by atoms with van der Waals surface area (Å²) in [5.74, 6) is 0.523. The van der Waals surface area contributed by atoms with Gasteiger partial charge >= 0.3 is 5.97 Å². The zero-order valence-corrected chi connectivity index (χ0v) is 12.3. The van der Waals surface area contributed by atoms with Crippen LogP contribution in [0.15, 0.2) is 18.2 Å². The van der Waals surface area contributed by atoms with Crippen LogP contribution in [0.3, 0.4) is 0 Å². The zero-order valence-electron chi connectivity index (χ0n) is 12.3. The normalized spacial score (nSPS) is 10.5. The van der Waals surface area contributed by atoms with Crippen LogP contribution in [0.2, 0.25) is 0 Å². The first-order valence-corrected chi connectivity index (χ1v) is 7.18. The molecule has 3 nitrogen and oxygen atoms in total. The summed E-state index contributed by atoms with van der Waals surface area (Å²) >= 11 is 0. The summed E-state index contributed by atoms with van der Waals surface area (Å²) in [6.07, 6.45) is 3.70. The van der Waals surface area contributed by atoms with E-state index in [0.717, 1.165) is 25.1 Å². The smallest absolute Gasteiger partial charge is 0.311 e. The van der Waals surface area contributed by atoms with Gasteiger partial charge in [0.25, 0.3) is 0 Å². The van der Waals surface area contributed by atoms with Gasteiger partial charge in [0.15, 0.2) is 0 Å². The lowest BCUT2D eigenvalue weighted by Crippen LogP contribution is -2.14. The van der Waals surface area contributed by atoms with E-state index in [1.807, 2.05) is 26.0 Å². The van der Waals surface area contributed by atoms with E-state index in [-0.39, 0.29) is 5.97 Å². The van der Waals surface area contributed by atoms with Crippen LogP contribution in [-0.4, -0.2) is 12.5 Å². The first kappa shape index (κ1) is 15.7. The summed E-state index contributed by atoms with van der Waals surface area (Å²) < 4.78 is 5.32. The standard InChI is InChI=1S/C16H25NO2/c1-4-6-10-17-12-14-8-9-15(13(3)11-14)19-16(18)7-5-2/h8-9,11,17H,4-7,10,12H2,1-3H3. The molecule has 0 amide bonds. The molecule has 0 unspecified atom stereocenters. The fraction of sp³-hybridized carbons (Fsp3) is 0.562. The van der Waals surface area contributed by atoms with Crippen LogP contribution in [0.4, 0.5) is 0 Å². The van der Waals surface area contributed by atoms with Crippen LogP contribution >= 0.6 is 0 Å². The number of aryl methyl sites for hydroxylation is 1. The Hall–Kier alpha value is -1.35. The molecule has 0 aliphatic heterocycles. The van der Waals surface area contributed by atoms with Crippen molar-refractivity contribution in [2.24, 2.45) is 0 Å². The van der Waals surface area contributed by atoms with E-state index < -0.39 is 0 Å². The molecule has 0 saturated heterocycles. The number of ether oxygens (including phenoxy) is 1. The van der Waals surface area contributed by atoms with Crippen LogP contribution in [0, 0.1) is 6.92 Å². The zero-order chi connectivity index (χ0) is 14.1. The highest BCUT2D eigenvalue weighted by Gasteiger charge is 2.06. The van der Waals surface area contributed by atoms with Gasteiger partial charge in [-0.2, -0.15) is 0 Å². The van der Waals surface area contributed by atoms with Crippen molar-refractivity contribution in [1.82, 2.24) is 5.32 Å². The quantitative estimate of drug-likeness (QED) is 0.442. The van der Waals surface area contributed by atoms with Crippen molar-refractivity contribution in [1.29, 1.82) is 0 Å². The van der Waals surface area contributed by atoms with E-state index >= 15 is 0 Å². The highest BCUT2D eigenvalue weighted by Crippen LogP contribution is 2.19. The SMILES string of the molecule is CCCCNCc1ccc(OC(=O)CCC)c(C)c1. The molecule has 0 atom stereocenters. The molecule has 3 heteroatoms. The predicted molar refractivity (Wildman–Crippen MR) is 78.3 cm³/mol. The Labute approximate surface area is 116 Å². The number of hydrogen-bond donors (Lipinski definition) is 1. The number of carbonyl (C=O) groups excluding carboxylic acids is 1. The summed E-state index contributed by atoms with van der Waals surface area (Å²) in [7, 11) is 0. The summed E-state index contributed by atoms with van der Waals surface area (Å²) in [6.45, 7) is 8.04. The minimum atomic E-state index is -0.153. The van der Waals surface area contributed by atoms with Gasteiger partial charge in [-0.25, -0.2) is 0 Å². The molecule has 19 heavy (non-hydrogen) atoms. The monoisotopic (exact) mass is 263 g/mol. The number of hydrogen-bond acceptors (Lipinski definition) is 3. The van der Waals surface area contributed by atoms with Gasteiger partial charge in [0, 0.05) is 13.0 Å². The second kappa shape index (κ2) is 8.70. The van der Waals surface area contributed by atoms with Crippen LogP contribution in [0.5, 0.6) is 5.75 Å². The average molecular weight is 263 g/mol. The fourth-order valence-corrected chi connectivity index (χ4v) is 1.85. The predicted octanol–water partition coefficient (Wildman–Crippen LogP) is 3.59. The maximum Gasteiger partial charge on any atom is 0.311 e. The first-order chi connectivity index (χ1) is 9.17. The van der Waals surface area contributed by atoms with Gasteiger partial charge in [0.1, 0.15) is 5.75 Å². The van der Waals surface area contributed by atoms with Crippen molar-refractivity contribution in [3.63, 3.8) is 0 Å². The molecule has 1 aromatic carbocycles. The Morgan fingerprint density at radius 3 is 2.68 bits per heavy atom. The van der Waals surface area contributed by atoms with Crippen LogP contribution < -0.4 is 10.1 Å². The number of unbranched alkanes of at least 4 members (excludes halogenated alkanes) is 1. The molecular weight excluding hydrogens is 238 g/mol. The molecule has 0 aliphatic rings. The van der Waals surface area contributed by atoms with E-state index in [1.165, 1.54) is 18.4 Å². The Bertz CT molecular complexity index is 402. The molecule has 1 N–H and O–H groups in total. The largest absolute Gasteiger partial charge is 0.426 e. The van der Waals surface area contributed by atoms with Crippen LogP contribution in [0.25, 0.3) is 0 Å². The number of carbonyl (C=O) groups is 1. The van der Waals surface area contributed by atoms with Gasteiger partial charge in [-0.15, -0.1) is 0 Å². The van der Waals surface area contributed by atoms with E-state index in [1.54, 1.807) is 0 Å². The van der Waals surface area contributed by atoms with E-state index in [0.29, 0.717) is 12.2 Å². The van der Waals surface area contributed by atoms with Gasteiger partial charge < -0.3 is 10.1 Å². The number of rotatable bonds is 8. The minimum Gasteiger partial charge on any atom is -0.426 e. The van der Waals surface area contributed by atoms with Crippen molar-refractivity contribution in [2.45, 2.75) is 53.0 Å². The maximum atomic E-state index is 11.5. The lowest BCUT2D eigenvalue weighted by molar-refractivity contribution is -0.134. The molecule has 0 bridgehead atoms. The topological polar surface area (TPSA) is 38.3 Å². The van der Waals surface area contributed by atoms with Gasteiger partial charge in [-0.1, -0.05) is 32.4 Å². The molecule has 0 heterocycles. The second-order valence-electron chi connectivity index (χ2n) is 4.85. The van der Waals surface area contributed by atoms with Gasteiger partial charge in [0.2, 0.25) is 0 Å². The highest BCUT2D eigenvalue weighted by atomic mass is 16.5. The van der Waals surface area contributed by atoms with Gasteiger partial charge in [-0.05, 0) is 43.5 Å². The fourth-order valence-electron chi connectivity index (χ4n) is 1.85. The molecule has 1 rings (SSSR count). The molecule has 0 aliphatic carbocycles. The summed E-state index contributed by atoms with van der Waals surface area (Å²) in [5, 5.41) is 3.40. The van der Waals surface area contributed by atoms with E-state index in [4.69, 9.17) is 4.74 Å². The molecule has 0 radical (unpaired) electrons. The molecule has 0 aromatic heterocycles. The second-order valence-corrected chi connectivity index (χ2v) is 4.85. The summed E-state index contributed by atoms with van der Waals surface area (Å²) in [6, 6.07) is 5.98. The number of esters is 1. The summed E-state index contributed by atoms with van der Waals surface area (Å²) in [4.78, 5) is 11.5. The van der Waals surface area contributed by atoms with Crippen LogP contribution in [0.1, 0.15) is 50.7 Å². The molecule has 0 spiro atoms. The Kier molecular flexibility index (Phi) is 7.19. The Morgan fingerprint density at radius 1 is 1.26 bits per heavy atom. The molecule has 106 valence electrons. The van der Waals surface area contributed by atoms with Gasteiger partial charge in [-0.3, -0.25) is 4.79 Å². The van der Waals surface area contributed by atoms with Crippen molar-refractivity contribution in [2.75, 3.05) is 6.54 Å². The maximum absolute atomic E-state index is 11.5. The van der Waals surface area contributed by atoms with Gasteiger partial charge in [0.05, 0.1) is 0 Å². The minimum absolute atomic E-state index is 0.153. The van der Waals surface area contributed by atoms with Crippen LogP contribution in [-0.2, 0) is 11.3 Å². The van der Waals surface area contributed by atoms with Crippen molar-refractivity contribution in [3.8, 4) is 5.75 Å². The molecule has 1 aromatic rings. The molecular formula is C16H25NO2. The number of benzene rings is 1. The Balaban J connectivity index is 2.51. The van der Waals surface area contributed by atoms with Crippen molar-refractivity contribution in [3.05, 3.63) is 29.3 Å². The molecule has 0 saturated carbocycles. The number of nitrogens with one attached hydrogen (secondary N) is 1. The third kappa shape index (κ3) is 5.88. The first-order valence-electron chi connectivity index (χ1n) is 7.18. The van der Waals surface area contributed by atoms with Crippen molar-refractivity contribution < 1.29 is 9.53 Å². The lowest BCUT2D eigenvalue weighted by atomic mass is 10.1. The van der Waals surface area contributed by atoms with Crippen molar-refractivity contribution >= 4 is 5.97 Å². The van der Waals surface area contributed by atoms with E-state index in [2.05, 4.69) is 18.3 Å². The van der Waals surface area contributed by atoms with E-state index in [9.17, 15) is 4.79 Å². The average Bonchev–Trinajstić information content (AvgIpc) is 2.38. The third-order valence-corrected chi connectivity index (χ3v) is 2.95. The Morgan fingerprint density at radius 2 is 2.05 bits per heavy atom. The highest BCUT2D eigenvalue weighted by molar-refractivity contribution is 5.72. The lowest BCUT2D eigenvalue weighted by Gasteiger charge is -2.09.